The maximum Gasteiger partial charge on any atom is 0.276 e. The summed E-state index contributed by atoms with van der Waals surface area (Å²) in [7, 11) is 0. The van der Waals surface area contributed by atoms with Gasteiger partial charge in [-0.2, -0.15) is 0 Å². The van der Waals surface area contributed by atoms with Crippen LogP contribution < -0.4 is 5.32 Å². The third kappa shape index (κ3) is 2.14. The highest BCUT2D eigenvalue weighted by atomic mass is 16.5. The Labute approximate surface area is 107 Å². The van der Waals surface area contributed by atoms with Crippen molar-refractivity contribution in [1.29, 1.82) is 0 Å². The van der Waals surface area contributed by atoms with Crippen LogP contribution in [0.2, 0.25) is 0 Å². The molecule has 0 saturated carbocycles. The molecule has 0 unspecified atom stereocenters. The van der Waals surface area contributed by atoms with E-state index >= 15 is 0 Å². The number of rotatable bonds is 3. The Bertz CT molecular complexity index is 431. The summed E-state index contributed by atoms with van der Waals surface area (Å²) >= 11 is 0. The molecule has 98 valence electrons. The molecule has 2 aliphatic rings. The number of hydrogen-bond acceptors (Lipinski definition) is 4. The number of piperazine rings is 1. The highest BCUT2D eigenvalue weighted by molar-refractivity contribution is 5.92. The summed E-state index contributed by atoms with van der Waals surface area (Å²) < 4.78 is 5.17. The second-order valence-electron chi connectivity index (χ2n) is 5.28. The van der Waals surface area contributed by atoms with E-state index in [-0.39, 0.29) is 5.91 Å². The number of carbonyl (C=O) groups excluding carboxylic acids is 1. The second-order valence-corrected chi connectivity index (χ2v) is 5.28. The molecule has 2 atom stereocenters. The van der Waals surface area contributed by atoms with Crippen molar-refractivity contribution in [3.8, 4) is 0 Å². The number of aromatic nitrogens is 1. The number of carbonyl (C=O) groups is 1. The molecule has 1 N–H and O–H groups in total. The predicted molar refractivity (Wildman–Crippen MR) is 66.3 cm³/mol. The van der Waals surface area contributed by atoms with E-state index in [4.69, 9.17) is 4.52 Å². The molecule has 1 aromatic heterocycles. The van der Waals surface area contributed by atoms with E-state index in [0.29, 0.717) is 17.8 Å². The highest BCUT2D eigenvalue weighted by Gasteiger charge is 2.35. The van der Waals surface area contributed by atoms with Gasteiger partial charge in [-0.3, -0.25) is 4.79 Å². The molecule has 18 heavy (non-hydrogen) atoms. The lowest BCUT2D eigenvalue weighted by Crippen LogP contribution is -2.53. The maximum atomic E-state index is 12.3. The molecule has 0 aliphatic carbocycles. The highest BCUT2D eigenvalue weighted by Crippen LogP contribution is 2.21. The Hall–Kier alpha value is -1.36. The van der Waals surface area contributed by atoms with Crippen molar-refractivity contribution in [2.24, 2.45) is 0 Å². The van der Waals surface area contributed by atoms with Gasteiger partial charge in [0, 0.05) is 37.7 Å². The van der Waals surface area contributed by atoms with Crippen molar-refractivity contribution in [3.05, 3.63) is 17.5 Å². The van der Waals surface area contributed by atoms with Crippen LogP contribution in [0.25, 0.3) is 0 Å². The summed E-state index contributed by atoms with van der Waals surface area (Å²) in [5.41, 5.74) is 0.458. The van der Waals surface area contributed by atoms with Crippen molar-refractivity contribution in [1.82, 2.24) is 15.4 Å². The van der Waals surface area contributed by atoms with Crippen LogP contribution in [0.15, 0.2) is 10.6 Å². The van der Waals surface area contributed by atoms with E-state index in [1.54, 1.807) is 6.07 Å². The minimum Gasteiger partial charge on any atom is -0.361 e. The number of nitrogens with one attached hydrogen (secondary N) is 1. The van der Waals surface area contributed by atoms with Gasteiger partial charge in [0.05, 0.1) is 0 Å². The first kappa shape index (κ1) is 11.7. The SMILES string of the molecule is CCCc1cc(C(=O)N2C[C@H]3CC[C@@H](C2)N3)no1. The standard InChI is InChI=1S/C13H19N3O2/c1-2-3-11-6-12(15-18-11)13(17)16-7-9-4-5-10(8-16)14-9/h6,9-10,14H,2-5,7-8H2,1H3/t9-,10+. The molecule has 3 heterocycles. The van der Waals surface area contributed by atoms with Gasteiger partial charge < -0.3 is 14.7 Å². The van der Waals surface area contributed by atoms with E-state index in [9.17, 15) is 4.79 Å². The maximum absolute atomic E-state index is 12.3. The summed E-state index contributed by atoms with van der Waals surface area (Å²) in [4.78, 5) is 14.2. The minimum absolute atomic E-state index is 0.0134. The van der Waals surface area contributed by atoms with Gasteiger partial charge in [0.15, 0.2) is 5.69 Å². The molecular weight excluding hydrogens is 230 g/mol. The lowest BCUT2D eigenvalue weighted by atomic mass is 10.2. The van der Waals surface area contributed by atoms with Crippen LogP contribution in [0.5, 0.6) is 0 Å². The van der Waals surface area contributed by atoms with Crippen molar-refractivity contribution in [2.45, 2.75) is 44.7 Å². The van der Waals surface area contributed by atoms with Crippen LogP contribution in [-0.4, -0.2) is 41.1 Å². The van der Waals surface area contributed by atoms with Crippen LogP contribution in [0.3, 0.4) is 0 Å². The summed E-state index contributed by atoms with van der Waals surface area (Å²) in [6, 6.07) is 2.72. The molecule has 3 rings (SSSR count). The summed E-state index contributed by atoms with van der Waals surface area (Å²) in [5.74, 6) is 0.818. The average Bonchev–Trinajstić information content (AvgIpc) is 2.96. The molecular formula is C13H19N3O2. The monoisotopic (exact) mass is 249 g/mol. The molecule has 0 aromatic carbocycles. The van der Waals surface area contributed by atoms with Gasteiger partial charge >= 0.3 is 0 Å². The topological polar surface area (TPSA) is 58.4 Å². The summed E-state index contributed by atoms with van der Waals surface area (Å²) in [6.45, 7) is 3.68. The third-order valence-electron chi connectivity index (χ3n) is 3.78. The van der Waals surface area contributed by atoms with E-state index in [1.807, 2.05) is 4.90 Å². The molecule has 5 heteroatoms. The Morgan fingerprint density at radius 3 is 2.89 bits per heavy atom. The van der Waals surface area contributed by atoms with Gasteiger partial charge in [-0.05, 0) is 19.3 Å². The van der Waals surface area contributed by atoms with Gasteiger partial charge in [-0.25, -0.2) is 0 Å². The van der Waals surface area contributed by atoms with Crippen LogP contribution in [0.1, 0.15) is 42.4 Å². The number of fused-ring (bicyclic) bond motifs is 2. The predicted octanol–water partition coefficient (Wildman–Crippen LogP) is 1.20. The molecule has 1 aromatic rings. The lowest BCUT2D eigenvalue weighted by Gasteiger charge is -2.32. The number of amides is 1. The van der Waals surface area contributed by atoms with Crippen molar-refractivity contribution >= 4 is 5.91 Å². The van der Waals surface area contributed by atoms with Crippen LogP contribution in [0.4, 0.5) is 0 Å². The fourth-order valence-electron chi connectivity index (χ4n) is 2.90. The third-order valence-corrected chi connectivity index (χ3v) is 3.78. The average molecular weight is 249 g/mol. The zero-order chi connectivity index (χ0) is 12.5. The number of likely N-dealkylation sites (tertiary alicyclic amines) is 1. The van der Waals surface area contributed by atoms with Crippen molar-refractivity contribution in [2.75, 3.05) is 13.1 Å². The summed E-state index contributed by atoms with van der Waals surface area (Å²) in [6.07, 6.45) is 4.19. The van der Waals surface area contributed by atoms with E-state index in [1.165, 1.54) is 12.8 Å². The Balaban J connectivity index is 1.69. The second kappa shape index (κ2) is 4.72. The number of hydrogen-bond donors (Lipinski definition) is 1. The molecule has 0 radical (unpaired) electrons. The molecule has 2 saturated heterocycles. The molecule has 0 spiro atoms. The molecule has 1 amide bonds. The molecule has 2 bridgehead atoms. The smallest absolute Gasteiger partial charge is 0.276 e. The van der Waals surface area contributed by atoms with Crippen molar-refractivity contribution < 1.29 is 9.32 Å². The minimum atomic E-state index is 0.0134. The van der Waals surface area contributed by atoms with E-state index in [0.717, 1.165) is 31.7 Å². The van der Waals surface area contributed by atoms with E-state index in [2.05, 4.69) is 17.4 Å². The lowest BCUT2D eigenvalue weighted by molar-refractivity contribution is 0.0687. The number of nitrogens with zero attached hydrogens (tertiary/aromatic N) is 2. The zero-order valence-corrected chi connectivity index (χ0v) is 10.7. The Morgan fingerprint density at radius 2 is 2.22 bits per heavy atom. The van der Waals surface area contributed by atoms with Crippen LogP contribution in [0, 0.1) is 0 Å². The van der Waals surface area contributed by atoms with Crippen molar-refractivity contribution in [3.63, 3.8) is 0 Å². The zero-order valence-electron chi connectivity index (χ0n) is 10.7. The fourth-order valence-corrected chi connectivity index (χ4v) is 2.90. The fraction of sp³-hybridized carbons (Fsp3) is 0.692. The van der Waals surface area contributed by atoms with Gasteiger partial charge in [-0.15, -0.1) is 0 Å². The molecule has 5 nitrogen and oxygen atoms in total. The molecule has 2 aliphatic heterocycles. The first-order valence-electron chi connectivity index (χ1n) is 6.77. The van der Waals surface area contributed by atoms with Gasteiger partial charge in [0.25, 0.3) is 5.91 Å². The normalized spacial score (nSPS) is 26.6. The van der Waals surface area contributed by atoms with E-state index < -0.39 is 0 Å². The van der Waals surface area contributed by atoms with Gasteiger partial charge in [0.1, 0.15) is 5.76 Å². The summed E-state index contributed by atoms with van der Waals surface area (Å²) in [5, 5.41) is 7.41. The Kier molecular flexibility index (Phi) is 3.07. The largest absolute Gasteiger partial charge is 0.361 e. The van der Waals surface area contributed by atoms with Crippen LogP contribution >= 0.6 is 0 Å². The molecule has 2 fully saturated rings. The quantitative estimate of drug-likeness (QED) is 0.874. The first-order valence-corrected chi connectivity index (χ1v) is 6.77. The Morgan fingerprint density at radius 1 is 1.50 bits per heavy atom. The first-order chi connectivity index (χ1) is 8.76. The van der Waals surface area contributed by atoms with Gasteiger partial charge in [0.2, 0.25) is 0 Å². The van der Waals surface area contributed by atoms with Crippen LogP contribution in [-0.2, 0) is 6.42 Å². The number of aryl methyl sites for hydroxylation is 1. The van der Waals surface area contributed by atoms with Gasteiger partial charge in [-0.1, -0.05) is 12.1 Å².